The van der Waals surface area contributed by atoms with E-state index in [0.29, 0.717) is 5.92 Å². The molecule has 1 nitrogen and oxygen atoms in total. The Kier molecular flexibility index (Phi) is 21.7. The number of hydrogen-bond donors (Lipinski definition) is 0. The molecule has 0 spiro atoms. The quantitative estimate of drug-likeness (QED) is 0.407. The predicted molar refractivity (Wildman–Crippen MR) is 88.2 cm³/mol. The van der Waals surface area contributed by atoms with E-state index in [9.17, 15) is 0 Å². The van der Waals surface area contributed by atoms with Crippen LogP contribution < -0.4 is 0 Å². The summed E-state index contributed by atoms with van der Waals surface area (Å²) in [5.74, 6) is 0.560. The zero-order chi connectivity index (χ0) is 11.5. The summed E-state index contributed by atoms with van der Waals surface area (Å²) in [7, 11) is 0. The van der Waals surface area contributed by atoms with E-state index < -0.39 is 0 Å². The summed E-state index contributed by atoms with van der Waals surface area (Å²) < 4.78 is 0. The Labute approximate surface area is 140 Å². The second-order valence-electron chi connectivity index (χ2n) is 5.05. The van der Waals surface area contributed by atoms with E-state index in [-0.39, 0.29) is 57.2 Å². The third-order valence-corrected chi connectivity index (χ3v) is 2.24. The Hall–Kier alpha value is 0.527. The maximum Gasteiger partial charge on any atom is 4.00 e. The van der Waals surface area contributed by atoms with Crippen LogP contribution in [-0.4, -0.2) is 16.5 Å². The number of hydrogen-bond acceptors (Lipinski definition) is 0. The van der Waals surface area contributed by atoms with Crippen molar-refractivity contribution in [1.82, 2.24) is 0 Å². The molecule has 1 atom stereocenters. The van der Waals surface area contributed by atoms with Gasteiger partial charge in [-0.05, 0) is 11.0 Å². The molecule has 1 aliphatic rings. The van der Waals surface area contributed by atoms with E-state index in [1.165, 1.54) is 16.7 Å². The van der Waals surface area contributed by atoms with Crippen LogP contribution in [0.2, 0.25) is 0 Å². The minimum Gasteiger partial charge on any atom is -0.673 e. The first kappa shape index (κ1) is 31.1. The average Bonchev–Trinajstić information content (AvgIpc) is 2.14. The van der Waals surface area contributed by atoms with E-state index >= 15 is 0 Å². The van der Waals surface area contributed by atoms with Gasteiger partial charge >= 0.3 is 25.8 Å². The Morgan fingerprint density at radius 2 is 1.33 bits per heavy atom. The molecule has 18 heavy (non-hydrogen) atoms. The number of allylic oxidation sites excluding steroid dienone is 4. The smallest absolute Gasteiger partial charge is 0.673 e. The van der Waals surface area contributed by atoms with Gasteiger partial charge in [-0.3, -0.25) is 6.08 Å². The van der Waals surface area contributed by atoms with Crippen LogP contribution in [0.4, 0.5) is 0 Å². The summed E-state index contributed by atoms with van der Waals surface area (Å²) in [6, 6.07) is 0. The topological polar surface area (TPSA) is 23.8 Å². The first-order chi connectivity index (χ1) is 6.13. The molecule has 106 valence electrons. The van der Waals surface area contributed by atoms with Crippen molar-refractivity contribution >= 4 is 11.0 Å². The molecule has 0 aromatic carbocycles. The van der Waals surface area contributed by atoms with Gasteiger partial charge in [-0.25, -0.2) is 5.57 Å². The summed E-state index contributed by atoms with van der Waals surface area (Å²) in [4.78, 5) is 0. The SMILES string of the molecule is CC(C)(C)[NH-].CC1=[C-]C(C)C(C)=C1C.[CH3-].[CH3-].[Hf+4].[SiH4]. The van der Waals surface area contributed by atoms with Crippen molar-refractivity contribution in [3.8, 4) is 0 Å². The summed E-state index contributed by atoms with van der Waals surface area (Å²) >= 11 is 0. The molecule has 0 radical (unpaired) electrons. The van der Waals surface area contributed by atoms with Crippen LogP contribution in [0.15, 0.2) is 16.7 Å². The normalized spacial score (nSPS) is 16.9. The Bertz CT molecular complexity index is 256. The van der Waals surface area contributed by atoms with Gasteiger partial charge in [-0.15, -0.1) is 12.5 Å². The van der Waals surface area contributed by atoms with Crippen LogP contribution >= 0.6 is 0 Å². The average molecular weight is 434 g/mol. The Morgan fingerprint density at radius 1 is 1.06 bits per heavy atom. The van der Waals surface area contributed by atoms with Gasteiger partial charge in [-0.1, -0.05) is 47.5 Å². The first-order valence-electron chi connectivity index (χ1n) is 5.15. The van der Waals surface area contributed by atoms with Gasteiger partial charge in [0.1, 0.15) is 0 Å². The van der Waals surface area contributed by atoms with Gasteiger partial charge in [0.15, 0.2) is 0 Å². The van der Waals surface area contributed by atoms with Crippen LogP contribution in [0.5, 0.6) is 0 Å². The van der Waals surface area contributed by atoms with Gasteiger partial charge in [0.25, 0.3) is 0 Å². The second kappa shape index (κ2) is 12.6. The van der Waals surface area contributed by atoms with Crippen molar-refractivity contribution in [2.75, 3.05) is 0 Å². The molecule has 0 fully saturated rings. The van der Waals surface area contributed by atoms with Gasteiger partial charge < -0.3 is 20.6 Å². The largest absolute Gasteiger partial charge is 4.00 e. The van der Waals surface area contributed by atoms with Crippen molar-refractivity contribution in [3.05, 3.63) is 43.4 Å². The van der Waals surface area contributed by atoms with Crippen molar-refractivity contribution in [2.24, 2.45) is 5.92 Å². The van der Waals surface area contributed by atoms with Gasteiger partial charge in [0.05, 0.1) is 0 Å². The first-order valence-corrected chi connectivity index (χ1v) is 5.15. The molecule has 1 aliphatic carbocycles. The minimum atomic E-state index is -0.250. The van der Waals surface area contributed by atoms with Gasteiger partial charge in [0, 0.05) is 0 Å². The van der Waals surface area contributed by atoms with Crippen LogP contribution in [0.1, 0.15) is 48.5 Å². The fraction of sp³-hybridized carbons (Fsp3) is 0.600. The summed E-state index contributed by atoms with van der Waals surface area (Å²) in [6.45, 7) is 14.2. The van der Waals surface area contributed by atoms with Gasteiger partial charge in [0.2, 0.25) is 0 Å². The van der Waals surface area contributed by atoms with Crippen molar-refractivity contribution in [3.63, 3.8) is 0 Å². The fourth-order valence-corrected chi connectivity index (χ4v) is 1.16. The zero-order valence-electron chi connectivity index (χ0n) is 13.1. The van der Waals surface area contributed by atoms with Crippen molar-refractivity contribution in [2.45, 2.75) is 54.0 Å². The van der Waals surface area contributed by atoms with Crippen LogP contribution in [-0.2, 0) is 25.8 Å². The molecule has 1 N–H and O–H groups in total. The van der Waals surface area contributed by atoms with E-state index in [0.717, 1.165) is 0 Å². The van der Waals surface area contributed by atoms with E-state index in [2.05, 4.69) is 33.8 Å². The molecule has 0 saturated carbocycles. The Balaban J connectivity index is -0.0000000567. The third kappa shape index (κ3) is 14.6. The second-order valence-corrected chi connectivity index (χ2v) is 5.05. The molecule has 3 heteroatoms. The van der Waals surface area contributed by atoms with Gasteiger partial charge in [-0.2, -0.15) is 11.1 Å². The standard InChI is InChI=1S/C9H13.C4H10N.2CH3.Hf.H4Si/c1-6-5-7(2)9(4)8(6)3;1-4(2,3)5;;;;/h6H,1-4H3;5H,1-3H3;2*1H3;;1H4/q4*-1;+4;. The molecule has 1 rings (SSSR count). The molecule has 0 aromatic rings. The van der Waals surface area contributed by atoms with E-state index in [4.69, 9.17) is 5.73 Å². The maximum atomic E-state index is 6.94. The molecule has 0 aromatic heterocycles. The van der Waals surface area contributed by atoms with Crippen LogP contribution in [0.3, 0.4) is 0 Å². The Morgan fingerprint density at radius 3 is 1.39 bits per heavy atom. The molecule has 0 amide bonds. The fourth-order valence-electron chi connectivity index (χ4n) is 1.16. The molecule has 0 heterocycles. The summed E-state index contributed by atoms with van der Waals surface area (Å²) in [5, 5.41) is 0. The summed E-state index contributed by atoms with van der Waals surface area (Å²) in [5.41, 5.74) is 10.9. The predicted octanol–water partition coefficient (Wildman–Crippen LogP) is 4.01. The number of rotatable bonds is 0. The minimum absolute atomic E-state index is 0. The van der Waals surface area contributed by atoms with Crippen molar-refractivity contribution < 1.29 is 25.8 Å². The van der Waals surface area contributed by atoms with E-state index in [1.807, 2.05) is 20.8 Å². The molecular formula is C15H33HfNSi. The molecular weight excluding hydrogens is 401 g/mol. The van der Waals surface area contributed by atoms with Crippen LogP contribution in [0.25, 0.3) is 5.73 Å². The molecule has 1 unspecified atom stereocenters. The molecule has 0 bridgehead atoms. The van der Waals surface area contributed by atoms with Crippen molar-refractivity contribution in [1.29, 1.82) is 0 Å². The maximum absolute atomic E-state index is 6.94. The van der Waals surface area contributed by atoms with E-state index in [1.54, 1.807) is 0 Å². The molecule has 0 aliphatic heterocycles. The summed E-state index contributed by atoms with van der Waals surface area (Å²) in [6.07, 6.45) is 3.36. The van der Waals surface area contributed by atoms with Crippen LogP contribution in [0, 0.1) is 26.8 Å². The number of nitrogens with one attached hydrogen (secondary N) is 1. The zero-order valence-corrected chi connectivity index (χ0v) is 16.7. The monoisotopic (exact) mass is 435 g/mol. The third-order valence-electron chi connectivity index (χ3n) is 2.24. The molecule has 0 saturated heterocycles.